The zero-order valence-electron chi connectivity index (χ0n) is 12.1. The third-order valence-corrected chi connectivity index (χ3v) is 5.35. The highest BCUT2D eigenvalue weighted by molar-refractivity contribution is 7.89. The maximum atomic E-state index is 12.4. The van der Waals surface area contributed by atoms with Crippen molar-refractivity contribution in [3.8, 4) is 5.88 Å². The van der Waals surface area contributed by atoms with Crippen LogP contribution >= 0.6 is 0 Å². The van der Waals surface area contributed by atoms with E-state index in [0.29, 0.717) is 37.6 Å². The van der Waals surface area contributed by atoms with Gasteiger partial charge in [0.05, 0.1) is 12.5 Å². The molecule has 1 aliphatic heterocycles. The summed E-state index contributed by atoms with van der Waals surface area (Å²) in [4.78, 5) is 14.6. The zero-order valence-corrected chi connectivity index (χ0v) is 13.0. The van der Waals surface area contributed by atoms with E-state index in [1.165, 1.54) is 16.8 Å². The van der Waals surface area contributed by atoms with Gasteiger partial charge in [0.1, 0.15) is 11.9 Å². The number of imidazole rings is 1. The molecule has 2 aromatic rings. The van der Waals surface area contributed by atoms with Crippen molar-refractivity contribution in [2.24, 2.45) is 0 Å². The molecule has 0 bridgehead atoms. The second-order valence-electron chi connectivity index (χ2n) is 5.08. The van der Waals surface area contributed by atoms with Crippen molar-refractivity contribution in [1.29, 1.82) is 0 Å². The summed E-state index contributed by atoms with van der Waals surface area (Å²) in [6, 6.07) is 1.71. The summed E-state index contributed by atoms with van der Waals surface area (Å²) in [5.41, 5.74) is 0. The minimum Gasteiger partial charge on any atom is -0.474 e. The van der Waals surface area contributed by atoms with Crippen molar-refractivity contribution in [1.82, 2.24) is 24.2 Å². The fraction of sp³-hybridized carbons (Fsp3) is 0.462. The molecule has 2 aromatic heterocycles. The molecule has 0 saturated carbocycles. The Morgan fingerprint density at radius 2 is 2.14 bits per heavy atom. The molecule has 8 nitrogen and oxygen atoms in total. The second-order valence-corrected chi connectivity index (χ2v) is 6.99. The van der Waals surface area contributed by atoms with Gasteiger partial charge in [0, 0.05) is 25.4 Å². The molecule has 1 aliphatic rings. The molecular formula is C13H17N5O3S. The van der Waals surface area contributed by atoms with Gasteiger partial charge in [-0.25, -0.2) is 18.4 Å². The van der Waals surface area contributed by atoms with E-state index in [2.05, 4.69) is 19.9 Å². The molecule has 22 heavy (non-hydrogen) atoms. The lowest BCUT2D eigenvalue weighted by Gasteiger charge is -2.30. The molecule has 0 radical (unpaired) electrons. The Kier molecular flexibility index (Phi) is 4.08. The minimum absolute atomic E-state index is 0.0393. The predicted molar refractivity (Wildman–Crippen MR) is 77.8 cm³/mol. The van der Waals surface area contributed by atoms with E-state index in [1.54, 1.807) is 19.2 Å². The molecule has 0 unspecified atom stereocenters. The van der Waals surface area contributed by atoms with E-state index in [9.17, 15) is 8.42 Å². The number of H-pyrrole nitrogens is 1. The van der Waals surface area contributed by atoms with E-state index in [1.807, 2.05) is 0 Å². The Labute approximate surface area is 128 Å². The molecule has 118 valence electrons. The van der Waals surface area contributed by atoms with Crippen LogP contribution in [0.5, 0.6) is 5.88 Å². The Balaban J connectivity index is 1.61. The lowest BCUT2D eigenvalue weighted by molar-refractivity contribution is 0.129. The fourth-order valence-corrected chi connectivity index (χ4v) is 3.75. The van der Waals surface area contributed by atoms with Gasteiger partial charge < -0.3 is 9.72 Å². The van der Waals surface area contributed by atoms with Crippen LogP contribution < -0.4 is 4.74 Å². The first-order valence-corrected chi connectivity index (χ1v) is 8.44. The number of sulfonamides is 1. The Morgan fingerprint density at radius 1 is 1.36 bits per heavy atom. The Hall–Kier alpha value is -2.00. The maximum absolute atomic E-state index is 12.4. The van der Waals surface area contributed by atoms with Gasteiger partial charge in [0.25, 0.3) is 10.0 Å². The number of nitrogens with zero attached hydrogens (tertiary/aromatic N) is 4. The molecule has 3 heterocycles. The highest BCUT2D eigenvalue weighted by Crippen LogP contribution is 2.21. The largest absolute Gasteiger partial charge is 0.474 e. The van der Waals surface area contributed by atoms with Crippen LogP contribution in [0.25, 0.3) is 0 Å². The van der Waals surface area contributed by atoms with Crippen molar-refractivity contribution in [3.05, 3.63) is 30.6 Å². The molecule has 0 atom stereocenters. The predicted octanol–water partition coefficient (Wildman–Crippen LogP) is 0.740. The van der Waals surface area contributed by atoms with Crippen LogP contribution in [0.1, 0.15) is 18.7 Å². The number of hydrogen-bond donors (Lipinski definition) is 1. The van der Waals surface area contributed by atoms with Gasteiger partial charge >= 0.3 is 0 Å². The highest BCUT2D eigenvalue weighted by Gasteiger charge is 2.31. The number of aromatic nitrogens is 4. The lowest BCUT2D eigenvalue weighted by Crippen LogP contribution is -2.41. The van der Waals surface area contributed by atoms with Gasteiger partial charge in [-0.15, -0.1) is 0 Å². The molecule has 1 saturated heterocycles. The lowest BCUT2D eigenvalue weighted by atomic mass is 10.1. The molecule has 3 rings (SSSR count). The van der Waals surface area contributed by atoms with Crippen molar-refractivity contribution in [2.75, 3.05) is 13.1 Å². The van der Waals surface area contributed by atoms with Crippen LogP contribution in [0.15, 0.2) is 29.8 Å². The summed E-state index contributed by atoms with van der Waals surface area (Å²) in [6.45, 7) is 2.62. The average Bonchev–Trinajstić information content (AvgIpc) is 3.03. The van der Waals surface area contributed by atoms with Crippen LogP contribution in [-0.2, 0) is 10.0 Å². The molecule has 0 aliphatic carbocycles. The number of piperidine rings is 1. The standard InChI is InChI=1S/C13H17N5O3S/c1-10-15-5-2-12(17-10)21-11-3-6-18(7-4-11)22(19,20)13-8-14-9-16-13/h2,5,8-9,11H,3-4,6-7H2,1H3,(H,14,16). The topological polar surface area (TPSA) is 101 Å². The van der Waals surface area contributed by atoms with Gasteiger partial charge in [0.15, 0.2) is 5.03 Å². The van der Waals surface area contributed by atoms with Gasteiger partial charge in [0.2, 0.25) is 5.88 Å². The maximum Gasteiger partial charge on any atom is 0.260 e. The Bertz CT molecular complexity index is 724. The number of nitrogens with one attached hydrogen (secondary N) is 1. The normalized spacial score (nSPS) is 17.5. The second kappa shape index (κ2) is 6.01. The van der Waals surface area contributed by atoms with Gasteiger partial charge in [-0.3, -0.25) is 0 Å². The SMILES string of the molecule is Cc1nccc(OC2CCN(S(=O)(=O)c3cnc[nH]3)CC2)n1. The van der Waals surface area contributed by atoms with Crippen LogP contribution in [-0.4, -0.2) is 51.9 Å². The summed E-state index contributed by atoms with van der Waals surface area (Å²) in [5.74, 6) is 1.18. The third-order valence-electron chi connectivity index (χ3n) is 3.53. The quantitative estimate of drug-likeness (QED) is 0.890. The van der Waals surface area contributed by atoms with Gasteiger partial charge in [-0.05, 0) is 19.8 Å². The Morgan fingerprint density at radius 3 is 2.77 bits per heavy atom. The van der Waals surface area contributed by atoms with Crippen molar-refractivity contribution < 1.29 is 13.2 Å². The highest BCUT2D eigenvalue weighted by atomic mass is 32.2. The molecule has 1 fully saturated rings. The summed E-state index contributed by atoms with van der Waals surface area (Å²) in [7, 11) is -3.49. The first-order valence-electron chi connectivity index (χ1n) is 7.00. The minimum atomic E-state index is -3.49. The number of aromatic amines is 1. The van der Waals surface area contributed by atoms with E-state index in [0.717, 1.165) is 0 Å². The molecule has 0 spiro atoms. The van der Waals surface area contributed by atoms with Crippen molar-refractivity contribution >= 4 is 10.0 Å². The van der Waals surface area contributed by atoms with E-state index in [4.69, 9.17) is 4.74 Å². The number of aryl methyl sites for hydroxylation is 1. The van der Waals surface area contributed by atoms with Gasteiger partial charge in [-0.1, -0.05) is 0 Å². The molecule has 0 aromatic carbocycles. The molecule has 9 heteroatoms. The van der Waals surface area contributed by atoms with E-state index in [-0.39, 0.29) is 11.1 Å². The third kappa shape index (κ3) is 3.09. The first kappa shape index (κ1) is 14.9. The number of hydrogen-bond acceptors (Lipinski definition) is 6. The number of rotatable bonds is 4. The zero-order chi connectivity index (χ0) is 15.6. The van der Waals surface area contributed by atoms with Crippen LogP contribution in [0.3, 0.4) is 0 Å². The smallest absolute Gasteiger partial charge is 0.260 e. The number of ether oxygens (including phenoxy) is 1. The molecular weight excluding hydrogens is 306 g/mol. The van der Waals surface area contributed by atoms with Crippen LogP contribution in [0.2, 0.25) is 0 Å². The summed E-state index contributed by atoms with van der Waals surface area (Å²) < 4.78 is 31.9. The molecule has 1 N–H and O–H groups in total. The van der Waals surface area contributed by atoms with Crippen molar-refractivity contribution in [2.45, 2.75) is 30.9 Å². The summed E-state index contributed by atoms with van der Waals surface area (Å²) >= 11 is 0. The van der Waals surface area contributed by atoms with E-state index < -0.39 is 10.0 Å². The van der Waals surface area contributed by atoms with Crippen LogP contribution in [0.4, 0.5) is 0 Å². The van der Waals surface area contributed by atoms with Gasteiger partial charge in [-0.2, -0.15) is 9.29 Å². The summed E-state index contributed by atoms with van der Waals surface area (Å²) in [5, 5.41) is 0.123. The monoisotopic (exact) mass is 323 g/mol. The summed E-state index contributed by atoms with van der Waals surface area (Å²) in [6.07, 6.45) is 5.53. The van der Waals surface area contributed by atoms with E-state index >= 15 is 0 Å². The average molecular weight is 323 g/mol. The fourth-order valence-electron chi connectivity index (χ4n) is 2.38. The molecule has 0 amide bonds. The first-order chi connectivity index (χ1) is 10.6. The van der Waals surface area contributed by atoms with Crippen LogP contribution in [0, 0.1) is 6.92 Å². The van der Waals surface area contributed by atoms with Crippen molar-refractivity contribution in [3.63, 3.8) is 0 Å².